The van der Waals surface area contributed by atoms with E-state index in [9.17, 15) is 5.11 Å². The SMILES string of the molecule is COc1cccc(CN2CC(O)(C(C)C)C2)n1. The third-order valence-electron chi connectivity index (χ3n) is 3.45. The molecule has 0 atom stereocenters. The number of aliphatic hydroxyl groups is 1. The Morgan fingerprint density at radius 3 is 2.76 bits per heavy atom. The van der Waals surface area contributed by atoms with Gasteiger partial charge in [0, 0.05) is 25.7 Å². The van der Waals surface area contributed by atoms with Crippen LogP contribution >= 0.6 is 0 Å². The summed E-state index contributed by atoms with van der Waals surface area (Å²) < 4.78 is 5.09. The second-order valence-corrected chi connectivity index (χ2v) is 5.07. The van der Waals surface area contributed by atoms with E-state index in [1.54, 1.807) is 7.11 Å². The summed E-state index contributed by atoms with van der Waals surface area (Å²) in [7, 11) is 1.62. The maximum Gasteiger partial charge on any atom is 0.213 e. The lowest BCUT2D eigenvalue weighted by Crippen LogP contribution is -2.63. The summed E-state index contributed by atoms with van der Waals surface area (Å²) in [5.41, 5.74) is 0.467. The van der Waals surface area contributed by atoms with E-state index in [1.165, 1.54) is 0 Å². The fourth-order valence-corrected chi connectivity index (χ4v) is 2.09. The fraction of sp³-hybridized carbons (Fsp3) is 0.615. The summed E-state index contributed by atoms with van der Waals surface area (Å²) in [6, 6.07) is 5.76. The Labute approximate surface area is 102 Å². The van der Waals surface area contributed by atoms with Gasteiger partial charge in [-0.2, -0.15) is 0 Å². The number of methoxy groups -OCH3 is 1. The van der Waals surface area contributed by atoms with Crippen molar-refractivity contribution in [3.05, 3.63) is 23.9 Å². The van der Waals surface area contributed by atoms with Gasteiger partial charge in [-0.15, -0.1) is 0 Å². The minimum absolute atomic E-state index is 0.303. The predicted molar refractivity (Wildman–Crippen MR) is 65.9 cm³/mol. The van der Waals surface area contributed by atoms with Crippen molar-refractivity contribution in [2.75, 3.05) is 20.2 Å². The van der Waals surface area contributed by atoms with Crippen molar-refractivity contribution in [3.8, 4) is 5.88 Å². The fourth-order valence-electron chi connectivity index (χ4n) is 2.09. The van der Waals surface area contributed by atoms with E-state index in [0.717, 1.165) is 25.3 Å². The van der Waals surface area contributed by atoms with Gasteiger partial charge in [0.25, 0.3) is 0 Å². The standard InChI is InChI=1S/C13H20N2O2/c1-10(2)13(16)8-15(9-13)7-11-5-4-6-12(14-11)17-3/h4-6,10,16H,7-9H2,1-3H3. The van der Waals surface area contributed by atoms with Crippen LogP contribution in [0, 0.1) is 5.92 Å². The van der Waals surface area contributed by atoms with Gasteiger partial charge in [-0.1, -0.05) is 19.9 Å². The first kappa shape index (κ1) is 12.3. The van der Waals surface area contributed by atoms with Crippen LogP contribution in [0.3, 0.4) is 0 Å². The number of pyridine rings is 1. The third kappa shape index (κ3) is 2.58. The first-order valence-corrected chi connectivity index (χ1v) is 5.98. The molecule has 17 heavy (non-hydrogen) atoms. The normalized spacial score (nSPS) is 19.1. The van der Waals surface area contributed by atoms with E-state index in [0.29, 0.717) is 11.8 Å². The molecule has 1 fully saturated rings. The van der Waals surface area contributed by atoms with Crippen LogP contribution in [0.25, 0.3) is 0 Å². The number of aromatic nitrogens is 1. The third-order valence-corrected chi connectivity index (χ3v) is 3.45. The highest BCUT2D eigenvalue weighted by Gasteiger charge is 2.43. The van der Waals surface area contributed by atoms with Crippen molar-refractivity contribution in [1.29, 1.82) is 0 Å². The molecule has 1 saturated heterocycles. The maximum absolute atomic E-state index is 10.1. The second kappa shape index (κ2) is 4.63. The minimum Gasteiger partial charge on any atom is -0.481 e. The Kier molecular flexibility index (Phi) is 3.35. The molecule has 4 nitrogen and oxygen atoms in total. The molecule has 2 heterocycles. The number of ether oxygens (including phenoxy) is 1. The van der Waals surface area contributed by atoms with Crippen molar-refractivity contribution in [2.45, 2.75) is 26.0 Å². The Balaban J connectivity index is 1.91. The predicted octanol–water partition coefficient (Wildman–Crippen LogP) is 1.29. The lowest BCUT2D eigenvalue weighted by Gasteiger charge is -2.49. The lowest BCUT2D eigenvalue weighted by atomic mass is 9.83. The highest BCUT2D eigenvalue weighted by molar-refractivity contribution is 5.16. The number of hydrogen-bond acceptors (Lipinski definition) is 4. The quantitative estimate of drug-likeness (QED) is 0.855. The number of nitrogens with zero attached hydrogens (tertiary/aromatic N) is 2. The first-order chi connectivity index (χ1) is 8.03. The molecule has 0 radical (unpaired) electrons. The van der Waals surface area contributed by atoms with E-state index in [1.807, 2.05) is 18.2 Å². The zero-order valence-electron chi connectivity index (χ0n) is 10.7. The Bertz CT molecular complexity index is 387. The second-order valence-electron chi connectivity index (χ2n) is 5.07. The van der Waals surface area contributed by atoms with Gasteiger partial charge in [0.2, 0.25) is 5.88 Å². The number of β-amino-alcohol motifs (C(OH)–C–C–N with tert-alkyl or cyclic N) is 1. The van der Waals surface area contributed by atoms with Crippen LogP contribution in [-0.4, -0.2) is 40.8 Å². The summed E-state index contributed by atoms with van der Waals surface area (Å²) in [4.78, 5) is 6.56. The first-order valence-electron chi connectivity index (χ1n) is 5.98. The topological polar surface area (TPSA) is 45.6 Å². The largest absolute Gasteiger partial charge is 0.481 e. The van der Waals surface area contributed by atoms with Crippen molar-refractivity contribution in [1.82, 2.24) is 9.88 Å². The highest BCUT2D eigenvalue weighted by atomic mass is 16.5. The number of likely N-dealkylation sites (tertiary alicyclic amines) is 1. The van der Waals surface area contributed by atoms with E-state index < -0.39 is 5.60 Å². The molecule has 0 amide bonds. The van der Waals surface area contributed by atoms with Gasteiger partial charge in [0.15, 0.2) is 0 Å². The molecule has 4 heteroatoms. The maximum atomic E-state index is 10.1. The molecule has 1 aliphatic rings. The van der Waals surface area contributed by atoms with Gasteiger partial charge in [-0.05, 0) is 12.0 Å². The van der Waals surface area contributed by atoms with Crippen LogP contribution in [0.5, 0.6) is 5.88 Å². The lowest BCUT2D eigenvalue weighted by molar-refractivity contribution is -0.131. The molecule has 1 aromatic heterocycles. The molecular formula is C13H20N2O2. The Morgan fingerprint density at radius 1 is 1.47 bits per heavy atom. The molecule has 94 valence electrons. The zero-order valence-corrected chi connectivity index (χ0v) is 10.7. The van der Waals surface area contributed by atoms with Crippen LogP contribution in [0.4, 0.5) is 0 Å². The average molecular weight is 236 g/mol. The Hall–Kier alpha value is -1.13. The molecule has 2 rings (SSSR count). The van der Waals surface area contributed by atoms with Gasteiger partial charge >= 0.3 is 0 Å². The van der Waals surface area contributed by atoms with Gasteiger partial charge in [0.1, 0.15) is 0 Å². The molecule has 0 aliphatic carbocycles. The van der Waals surface area contributed by atoms with Crippen LogP contribution in [0.2, 0.25) is 0 Å². The van der Waals surface area contributed by atoms with Crippen molar-refractivity contribution < 1.29 is 9.84 Å². The van der Waals surface area contributed by atoms with Crippen molar-refractivity contribution >= 4 is 0 Å². The van der Waals surface area contributed by atoms with Crippen LogP contribution in [-0.2, 0) is 6.54 Å². The summed E-state index contributed by atoms with van der Waals surface area (Å²) in [5, 5.41) is 10.1. The average Bonchev–Trinajstić information content (AvgIpc) is 2.27. The molecule has 0 aromatic carbocycles. The van der Waals surface area contributed by atoms with Crippen LogP contribution in [0.15, 0.2) is 18.2 Å². The molecule has 1 aliphatic heterocycles. The number of hydrogen-bond donors (Lipinski definition) is 1. The zero-order chi connectivity index (χ0) is 12.5. The van der Waals surface area contributed by atoms with Crippen LogP contribution < -0.4 is 4.74 Å². The molecule has 0 bridgehead atoms. The number of rotatable bonds is 4. The minimum atomic E-state index is -0.515. The summed E-state index contributed by atoms with van der Waals surface area (Å²) >= 11 is 0. The van der Waals surface area contributed by atoms with Crippen LogP contribution in [0.1, 0.15) is 19.5 Å². The highest BCUT2D eigenvalue weighted by Crippen LogP contribution is 2.29. The molecule has 0 saturated carbocycles. The van der Waals surface area contributed by atoms with Crippen molar-refractivity contribution in [3.63, 3.8) is 0 Å². The molecule has 1 N–H and O–H groups in total. The van der Waals surface area contributed by atoms with E-state index in [2.05, 4.69) is 23.7 Å². The van der Waals surface area contributed by atoms with Crippen molar-refractivity contribution in [2.24, 2.45) is 5.92 Å². The van der Waals surface area contributed by atoms with Gasteiger partial charge < -0.3 is 9.84 Å². The van der Waals surface area contributed by atoms with Gasteiger partial charge in [-0.3, -0.25) is 4.90 Å². The Morgan fingerprint density at radius 2 is 2.18 bits per heavy atom. The summed E-state index contributed by atoms with van der Waals surface area (Å²) in [5.74, 6) is 0.944. The van der Waals surface area contributed by atoms with E-state index in [-0.39, 0.29) is 0 Å². The monoisotopic (exact) mass is 236 g/mol. The van der Waals surface area contributed by atoms with E-state index in [4.69, 9.17) is 4.74 Å². The molecule has 1 aromatic rings. The van der Waals surface area contributed by atoms with E-state index >= 15 is 0 Å². The molecule has 0 unspecified atom stereocenters. The summed E-state index contributed by atoms with van der Waals surface area (Å²) in [6.07, 6.45) is 0. The van der Waals surface area contributed by atoms with Gasteiger partial charge in [-0.25, -0.2) is 4.98 Å². The molecule has 0 spiro atoms. The molecular weight excluding hydrogens is 216 g/mol. The smallest absolute Gasteiger partial charge is 0.213 e. The van der Waals surface area contributed by atoms with Gasteiger partial charge in [0.05, 0.1) is 18.4 Å². The summed E-state index contributed by atoms with van der Waals surface area (Å²) in [6.45, 7) is 6.33.